The highest BCUT2D eigenvalue weighted by atomic mass is 32.2. The molecular weight excluding hydrogens is 526 g/mol. The summed E-state index contributed by atoms with van der Waals surface area (Å²) in [5.74, 6) is -0.586. The zero-order chi connectivity index (χ0) is 27.7. The van der Waals surface area contributed by atoms with Crippen molar-refractivity contribution in [3.05, 3.63) is 71.1 Å². The number of carbonyl (C=O) groups is 2. The molecule has 0 fully saturated rings. The van der Waals surface area contributed by atoms with Gasteiger partial charge in [0.2, 0.25) is 10.0 Å². The van der Waals surface area contributed by atoms with Gasteiger partial charge in [0, 0.05) is 12.4 Å². The van der Waals surface area contributed by atoms with E-state index in [0.717, 1.165) is 21.9 Å². The van der Waals surface area contributed by atoms with E-state index in [1.807, 2.05) is 26.8 Å². The fraction of sp³-hybridized carbons (Fsp3) is 0.231. The molecule has 10 nitrogen and oxygen atoms in total. The van der Waals surface area contributed by atoms with Crippen molar-refractivity contribution in [2.45, 2.75) is 26.2 Å². The number of fused-ring (bicyclic) bond motifs is 1. The van der Waals surface area contributed by atoms with Crippen LogP contribution in [0.2, 0.25) is 0 Å². The van der Waals surface area contributed by atoms with Crippen LogP contribution >= 0.6 is 11.3 Å². The van der Waals surface area contributed by atoms with E-state index >= 15 is 0 Å². The monoisotopic (exact) mass is 553 g/mol. The van der Waals surface area contributed by atoms with E-state index < -0.39 is 15.9 Å². The van der Waals surface area contributed by atoms with Crippen molar-refractivity contribution in [3.8, 4) is 5.75 Å². The second-order valence-corrected chi connectivity index (χ2v) is 12.4. The Labute approximate surface area is 224 Å². The molecule has 3 N–H and O–H groups in total. The number of methoxy groups -OCH3 is 1. The van der Waals surface area contributed by atoms with Crippen LogP contribution in [0.1, 0.15) is 46.4 Å². The van der Waals surface area contributed by atoms with E-state index in [-0.39, 0.29) is 22.8 Å². The molecule has 0 bridgehead atoms. The van der Waals surface area contributed by atoms with Crippen LogP contribution in [0.5, 0.6) is 5.75 Å². The Bertz CT molecular complexity index is 1630. The highest BCUT2D eigenvalue weighted by Gasteiger charge is 2.23. The molecular formula is C26H27N5O5S2. The number of amides is 2. The van der Waals surface area contributed by atoms with Crippen LogP contribution in [0.3, 0.4) is 0 Å². The van der Waals surface area contributed by atoms with Gasteiger partial charge in [0.25, 0.3) is 11.8 Å². The van der Waals surface area contributed by atoms with E-state index in [0.29, 0.717) is 21.8 Å². The van der Waals surface area contributed by atoms with Gasteiger partial charge in [-0.3, -0.25) is 14.3 Å². The number of thiophene rings is 1. The highest BCUT2D eigenvalue weighted by Crippen LogP contribution is 2.40. The molecule has 38 heavy (non-hydrogen) atoms. The molecule has 0 saturated carbocycles. The topological polar surface area (TPSA) is 139 Å². The normalized spacial score (nSPS) is 11.7. The second-order valence-electron chi connectivity index (χ2n) is 9.60. The maximum Gasteiger partial charge on any atom is 0.265 e. The summed E-state index contributed by atoms with van der Waals surface area (Å²) < 4.78 is 32.7. The summed E-state index contributed by atoms with van der Waals surface area (Å²) in [7, 11) is -2.20. The largest absolute Gasteiger partial charge is 0.492 e. The quantitative estimate of drug-likeness (QED) is 0.297. The van der Waals surface area contributed by atoms with E-state index in [1.54, 1.807) is 30.3 Å². The molecule has 0 spiro atoms. The lowest BCUT2D eigenvalue weighted by Gasteiger charge is -2.23. The van der Waals surface area contributed by atoms with Crippen molar-refractivity contribution in [1.82, 2.24) is 9.97 Å². The molecule has 12 heteroatoms. The molecule has 2 aromatic carbocycles. The van der Waals surface area contributed by atoms with Gasteiger partial charge in [0.15, 0.2) is 5.75 Å². The molecule has 0 radical (unpaired) electrons. The first-order valence-corrected chi connectivity index (χ1v) is 14.2. The number of rotatable bonds is 7. The van der Waals surface area contributed by atoms with Gasteiger partial charge >= 0.3 is 0 Å². The van der Waals surface area contributed by atoms with Gasteiger partial charge < -0.3 is 15.4 Å². The third kappa shape index (κ3) is 6.09. The number of anilines is 3. The third-order valence-electron chi connectivity index (χ3n) is 5.54. The number of ether oxygens (including phenoxy) is 1. The Morgan fingerprint density at radius 3 is 2.24 bits per heavy atom. The summed E-state index contributed by atoms with van der Waals surface area (Å²) in [6.45, 7) is 5.94. The molecule has 2 heterocycles. The van der Waals surface area contributed by atoms with E-state index in [2.05, 4.69) is 25.3 Å². The summed E-state index contributed by atoms with van der Waals surface area (Å²) in [5, 5.41) is 6.50. The third-order valence-corrected chi connectivity index (χ3v) is 7.32. The van der Waals surface area contributed by atoms with Gasteiger partial charge in [-0.25, -0.2) is 18.4 Å². The number of carbonyl (C=O) groups excluding carboxylic acids is 2. The summed E-state index contributed by atoms with van der Waals surface area (Å²) in [4.78, 5) is 34.1. The zero-order valence-corrected chi connectivity index (χ0v) is 23.1. The number of hydrogen-bond donors (Lipinski definition) is 3. The number of nitrogens with zero attached hydrogens (tertiary/aromatic N) is 2. The van der Waals surface area contributed by atoms with Crippen molar-refractivity contribution < 1.29 is 22.7 Å². The van der Waals surface area contributed by atoms with Gasteiger partial charge in [-0.1, -0.05) is 32.9 Å². The maximum absolute atomic E-state index is 13.4. The Morgan fingerprint density at radius 1 is 0.947 bits per heavy atom. The van der Waals surface area contributed by atoms with E-state index in [1.165, 1.54) is 37.2 Å². The summed E-state index contributed by atoms with van der Waals surface area (Å²) >= 11 is 1.22. The average molecular weight is 554 g/mol. The summed E-state index contributed by atoms with van der Waals surface area (Å²) in [5.41, 5.74) is 1.87. The minimum atomic E-state index is -3.60. The molecule has 0 saturated heterocycles. The van der Waals surface area contributed by atoms with Crippen molar-refractivity contribution >= 4 is 60.3 Å². The standard InChI is InChI=1S/C26H27N5O5S2/c1-26(2,3)17-10-19(22(36-4)20(11-17)31-38(5,34)35)30-25(33)21-9-15-7-6-8-18(23(15)37-21)29-24(32)16-12-27-14-28-13-16/h6-14,31H,1-5H3,(H,29,32)(H,30,33). The number of benzene rings is 2. The first kappa shape index (κ1) is 27.0. The Balaban J connectivity index is 1.68. The summed E-state index contributed by atoms with van der Waals surface area (Å²) in [6, 6.07) is 10.6. The predicted molar refractivity (Wildman–Crippen MR) is 150 cm³/mol. The molecule has 0 atom stereocenters. The van der Waals surface area contributed by atoms with Crippen molar-refractivity contribution in [1.29, 1.82) is 0 Å². The van der Waals surface area contributed by atoms with Crippen molar-refractivity contribution in [2.75, 3.05) is 28.7 Å². The molecule has 0 aliphatic heterocycles. The Hall–Kier alpha value is -4.03. The zero-order valence-electron chi connectivity index (χ0n) is 21.4. The van der Waals surface area contributed by atoms with Crippen LogP contribution in [0.15, 0.2) is 55.1 Å². The van der Waals surface area contributed by atoms with E-state index in [9.17, 15) is 18.0 Å². The van der Waals surface area contributed by atoms with Gasteiger partial charge in [-0.05, 0) is 40.6 Å². The van der Waals surface area contributed by atoms with Gasteiger partial charge in [0.05, 0.1) is 45.6 Å². The van der Waals surface area contributed by atoms with Crippen molar-refractivity contribution in [3.63, 3.8) is 0 Å². The Morgan fingerprint density at radius 2 is 1.61 bits per heavy atom. The Kier molecular flexibility index (Phi) is 7.38. The maximum atomic E-state index is 13.4. The van der Waals surface area contributed by atoms with Gasteiger partial charge in [0.1, 0.15) is 6.33 Å². The highest BCUT2D eigenvalue weighted by molar-refractivity contribution is 7.92. The van der Waals surface area contributed by atoms with Crippen LogP contribution in [-0.2, 0) is 15.4 Å². The number of nitrogens with one attached hydrogen (secondary N) is 3. The fourth-order valence-corrected chi connectivity index (χ4v) is 5.29. The first-order chi connectivity index (χ1) is 17.9. The van der Waals surface area contributed by atoms with Crippen LogP contribution < -0.4 is 20.1 Å². The molecule has 2 amide bonds. The summed E-state index contributed by atoms with van der Waals surface area (Å²) in [6.07, 6.45) is 5.23. The van der Waals surface area contributed by atoms with Crippen LogP contribution in [0, 0.1) is 0 Å². The predicted octanol–water partition coefficient (Wildman–Crippen LogP) is 4.87. The molecule has 0 unspecified atom stereocenters. The van der Waals surface area contributed by atoms with Crippen LogP contribution in [0.25, 0.3) is 10.1 Å². The van der Waals surface area contributed by atoms with Gasteiger partial charge in [-0.2, -0.15) is 0 Å². The lowest BCUT2D eigenvalue weighted by atomic mass is 9.86. The lowest BCUT2D eigenvalue weighted by Crippen LogP contribution is -2.18. The van der Waals surface area contributed by atoms with Crippen LogP contribution in [0.4, 0.5) is 17.1 Å². The second kappa shape index (κ2) is 10.4. The minimum absolute atomic E-state index is 0.191. The molecule has 198 valence electrons. The number of aromatic nitrogens is 2. The smallest absolute Gasteiger partial charge is 0.265 e. The average Bonchev–Trinajstić information content (AvgIpc) is 3.28. The fourth-order valence-electron chi connectivity index (χ4n) is 3.72. The van der Waals surface area contributed by atoms with Gasteiger partial charge in [-0.15, -0.1) is 11.3 Å². The van der Waals surface area contributed by atoms with Crippen molar-refractivity contribution in [2.24, 2.45) is 0 Å². The number of hydrogen-bond acceptors (Lipinski definition) is 8. The molecule has 0 aliphatic rings. The molecule has 2 aromatic heterocycles. The molecule has 4 rings (SSSR count). The van der Waals surface area contributed by atoms with Crippen LogP contribution in [-0.4, -0.2) is 43.6 Å². The van der Waals surface area contributed by atoms with E-state index in [4.69, 9.17) is 4.74 Å². The minimum Gasteiger partial charge on any atom is -0.492 e. The number of sulfonamides is 1. The SMILES string of the molecule is COc1c(NC(=O)c2cc3cccc(NC(=O)c4cncnc4)c3s2)cc(C(C)(C)C)cc1NS(C)(=O)=O. The molecule has 4 aromatic rings. The lowest BCUT2D eigenvalue weighted by molar-refractivity contribution is 0.102. The first-order valence-electron chi connectivity index (χ1n) is 11.5. The molecule has 0 aliphatic carbocycles.